The van der Waals surface area contributed by atoms with Crippen molar-refractivity contribution in [1.29, 1.82) is 0 Å². The average Bonchev–Trinajstić information content (AvgIpc) is 3.04. The molecule has 0 spiro atoms. The third kappa shape index (κ3) is 1.67. The fraction of sp³-hybridized carbons (Fsp3) is 0. The first kappa shape index (κ1) is 10.3. The van der Waals surface area contributed by atoms with Gasteiger partial charge in [0.1, 0.15) is 0 Å². The summed E-state index contributed by atoms with van der Waals surface area (Å²) < 4.78 is 5.18. The molecule has 4 rings (SSSR count). The Morgan fingerprint density at radius 2 is 1.95 bits per heavy atom. The molecule has 3 nitrogen and oxygen atoms in total. The predicted octanol–water partition coefficient (Wildman–Crippen LogP) is 4.61. The lowest BCUT2D eigenvalue weighted by Crippen LogP contribution is -1.87. The molecule has 1 aliphatic carbocycles. The number of aromatic nitrogens is 1. The molecule has 2 aromatic rings. The summed E-state index contributed by atoms with van der Waals surface area (Å²) in [5.41, 5.74) is 5.59. The molecular weight excluding hydrogens is 236 g/mol. The molecule has 0 amide bonds. The van der Waals surface area contributed by atoms with E-state index < -0.39 is 0 Å². The van der Waals surface area contributed by atoms with E-state index in [4.69, 9.17) is 4.42 Å². The second kappa shape index (κ2) is 3.92. The summed E-state index contributed by atoms with van der Waals surface area (Å²) in [6, 6.07) is 14.5. The Morgan fingerprint density at radius 3 is 2.89 bits per heavy atom. The number of hydrogen-bond acceptors (Lipinski definition) is 2. The fourth-order valence-corrected chi connectivity index (χ4v) is 2.44. The van der Waals surface area contributed by atoms with Crippen molar-refractivity contribution in [2.45, 2.75) is 0 Å². The van der Waals surface area contributed by atoms with Gasteiger partial charge in [-0.15, -0.1) is 0 Å². The number of hydrogen-bond donors (Lipinski definition) is 2. The maximum Gasteiger partial charge on any atom is 0.0980 e. The molecule has 1 aliphatic heterocycles. The van der Waals surface area contributed by atoms with Gasteiger partial charge in [-0.25, -0.2) is 0 Å². The van der Waals surface area contributed by atoms with E-state index in [0.717, 1.165) is 22.5 Å². The molecule has 0 saturated carbocycles. The van der Waals surface area contributed by atoms with Crippen molar-refractivity contribution in [2.24, 2.45) is 0 Å². The van der Waals surface area contributed by atoms with Crippen LogP contribution in [0.1, 0.15) is 0 Å². The van der Waals surface area contributed by atoms with Crippen LogP contribution in [0.3, 0.4) is 0 Å². The molecule has 0 bridgehead atoms. The highest BCUT2D eigenvalue weighted by atomic mass is 16.3. The SMILES string of the molecule is c1cc(Nc2cc3ccocc-3c2)c2cc[nH]c2c1. The molecule has 0 saturated heterocycles. The summed E-state index contributed by atoms with van der Waals surface area (Å²) in [5, 5.41) is 4.65. The monoisotopic (exact) mass is 248 g/mol. The number of H-pyrrole nitrogens is 1. The first-order valence-corrected chi connectivity index (χ1v) is 6.19. The van der Waals surface area contributed by atoms with Gasteiger partial charge in [-0.05, 0) is 42.0 Å². The van der Waals surface area contributed by atoms with E-state index in [2.05, 4.69) is 40.6 Å². The molecular formula is C16H12N2O. The molecule has 2 heterocycles. The molecule has 19 heavy (non-hydrogen) atoms. The van der Waals surface area contributed by atoms with E-state index in [0.29, 0.717) is 0 Å². The first-order valence-electron chi connectivity index (χ1n) is 6.19. The van der Waals surface area contributed by atoms with E-state index in [1.807, 2.05) is 18.3 Å². The molecule has 1 aromatic carbocycles. The van der Waals surface area contributed by atoms with Crippen molar-refractivity contribution in [1.82, 2.24) is 4.98 Å². The minimum atomic E-state index is 1.07. The van der Waals surface area contributed by atoms with Crippen molar-refractivity contribution >= 4 is 22.3 Å². The summed E-state index contributed by atoms with van der Waals surface area (Å²) in [5.74, 6) is 0. The lowest BCUT2D eigenvalue weighted by Gasteiger charge is -2.05. The second-order valence-corrected chi connectivity index (χ2v) is 4.58. The van der Waals surface area contributed by atoms with Crippen LogP contribution in [-0.2, 0) is 0 Å². The van der Waals surface area contributed by atoms with Gasteiger partial charge in [-0.1, -0.05) is 6.07 Å². The van der Waals surface area contributed by atoms with Crippen molar-refractivity contribution in [3.05, 3.63) is 61.2 Å². The fourth-order valence-electron chi connectivity index (χ4n) is 2.44. The van der Waals surface area contributed by atoms with E-state index in [9.17, 15) is 0 Å². The van der Waals surface area contributed by atoms with Gasteiger partial charge >= 0.3 is 0 Å². The van der Waals surface area contributed by atoms with Gasteiger partial charge in [0.2, 0.25) is 0 Å². The largest absolute Gasteiger partial charge is 0.472 e. The number of benzene rings is 1. The first-order chi connectivity index (χ1) is 9.40. The Balaban J connectivity index is 1.79. The molecule has 2 N–H and O–H groups in total. The quantitative estimate of drug-likeness (QED) is 0.544. The summed E-state index contributed by atoms with van der Waals surface area (Å²) in [7, 11) is 0. The minimum Gasteiger partial charge on any atom is -0.472 e. The number of fused-ring (bicyclic) bond motifs is 2. The van der Waals surface area contributed by atoms with Crippen LogP contribution in [0, 0.1) is 0 Å². The van der Waals surface area contributed by atoms with Gasteiger partial charge in [0, 0.05) is 34.0 Å². The zero-order valence-electron chi connectivity index (χ0n) is 10.2. The predicted molar refractivity (Wildman–Crippen MR) is 76.9 cm³/mol. The van der Waals surface area contributed by atoms with Gasteiger partial charge in [-0.2, -0.15) is 0 Å². The number of nitrogens with one attached hydrogen (secondary N) is 2. The van der Waals surface area contributed by atoms with Crippen LogP contribution in [0.2, 0.25) is 0 Å². The molecule has 0 fully saturated rings. The standard InChI is InChI=1S/C16H12N2O/c1-2-15-14(4-6-17-15)16(3-1)18-13-8-11-5-7-19-10-12(11)9-13/h1-10,17-18H. The summed E-state index contributed by atoms with van der Waals surface area (Å²) in [6.45, 7) is 0. The highest BCUT2D eigenvalue weighted by Gasteiger charge is 2.08. The lowest BCUT2D eigenvalue weighted by molar-refractivity contribution is 0.552. The van der Waals surface area contributed by atoms with Crippen LogP contribution in [0.15, 0.2) is 65.6 Å². The summed E-state index contributed by atoms with van der Waals surface area (Å²) in [6.07, 6.45) is 5.41. The smallest absolute Gasteiger partial charge is 0.0980 e. The lowest BCUT2D eigenvalue weighted by atomic mass is 10.2. The summed E-state index contributed by atoms with van der Waals surface area (Å²) in [4.78, 5) is 3.22. The molecule has 3 heteroatoms. The maximum absolute atomic E-state index is 5.18. The van der Waals surface area contributed by atoms with Gasteiger partial charge < -0.3 is 14.7 Å². The molecule has 0 unspecified atom stereocenters. The van der Waals surface area contributed by atoms with Crippen LogP contribution in [0.25, 0.3) is 22.0 Å². The van der Waals surface area contributed by atoms with E-state index in [1.54, 1.807) is 12.5 Å². The minimum absolute atomic E-state index is 1.07. The van der Waals surface area contributed by atoms with Crippen molar-refractivity contribution in [3.8, 4) is 11.1 Å². The van der Waals surface area contributed by atoms with Gasteiger partial charge in [0.05, 0.1) is 12.5 Å². The molecule has 0 atom stereocenters. The van der Waals surface area contributed by atoms with Crippen molar-refractivity contribution in [2.75, 3.05) is 5.32 Å². The Hall–Kier alpha value is -2.68. The molecule has 2 aliphatic rings. The number of anilines is 2. The topological polar surface area (TPSA) is 41.0 Å². The maximum atomic E-state index is 5.18. The average molecular weight is 248 g/mol. The third-order valence-corrected chi connectivity index (χ3v) is 3.35. The number of aromatic amines is 1. The van der Waals surface area contributed by atoms with E-state index >= 15 is 0 Å². The van der Waals surface area contributed by atoms with Gasteiger partial charge in [0.25, 0.3) is 0 Å². The van der Waals surface area contributed by atoms with Crippen LogP contribution in [-0.4, -0.2) is 4.98 Å². The normalized spacial score (nSPS) is 11.2. The van der Waals surface area contributed by atoms with Gasteiger partial charge in [0.15, 0.2) is 0 Å². The van der Waals surface area contributed by atoms with Crippen LogP contribution < -0.4 is 5.32 Å². The zero-order chi connectivity index (χ0) is 12.7. The highest BCUT2D eigenvalue weighted by molar-refractivity contribution is 5.94. The Labute approximate surface area is 110 Å². The Bertz CT molecular complexity index is 782. The zero-order valence-corrected chi connectivity index (χ0v) is 10.2. The van der Waals surface area contributed by atoms with E-state index in [-0.39, 0.29) is 0 Å². The summed E-state index contributed by atoms with van der Waals surface area (Å²) >= 11 is 0. The van der Waals surface area contributed by atoms with Crippen LogP contribution in [0.5, 0.6) is 0 Å². The number of rotatable bonds is 2. The Kier molecular flexibility index (Phi) is 2.12. The van der Waals surface area contributed by atoms with Crippen LogP contribution >= 0.6 is 0 Å². The molecule has 92 valence electrons. The second-order valence-electron chi connectivity index (χ2n) is 4.58. The molecule has 0 radical (unpaired) electrons. The van der Waals surface area contributed by atoms with E-state index in [1.165, 1.54) is 10.9 Å². The van der Waals surface area contributed by atoms with Crippen molar-refractivity contribution < 1.29 is 4.42 Å². The Morgan fingerprint density at radius 1 is 1.00 bits per heavy atom. The van der Waals surface area contributed by atoms with Crippen molar-refractivity contribution in [3.63, 3.8) is 0 Å². The molecule has 1 aromatic heterocycles. The van der Waals surface area contributed by atoms with Gasteiger partial charge in [-0.3, -0.25) is 0 Å². The third-order valence-electron chi connectivity index (χ3n) is 3.35. The van der Waals surface area contributed by atoms with Crippen LogP contribution in [0.4, 0.5) is 11.4 Å². The highest BCUT2D eigenvalue weighted by Crippen LogP contribution is 2.32.